The molecular weight excluding hydrogens is 813 g/mol. The zero-order valence-electron chi connectivity index (χ0n) is 37.6. The van der Waals surface area contributed by atoms with E-state index < -0.39 is 17.7 Å². The highest BCUT2D eigenvalue weighted by atomic mass is 16.6. The number of hydrogen-bond donors (Lipinski definition) is 1. The van der Waals surface area contributed by atoms with Crippen molar-refractivity contribution in [1.29, 1.82) is 0 Å². The van der Waals surface area contributed by atoms with Crippen LogP contribution in [-0.4, -0.2) is 85.9 Å². The Balaban J connectivity index is 1.26. The summed E-state index contributed by atoms with van der Waals surface area (Å²) in [6, 6.07) is 27.6. The van der Waals surface area contributed by atoms with E-state index in [0.717, 1.165) is 44.1 Å². The van der Waals surface area contributed by atoms with Crippen LogP contribution in [0.25, 0.3) is 44.2 Å². The van der Waals surface area contributed by atoms with E-state index in [4.69, 9.17) is 28.8 Å². The average molecular weight is 869 g/mol. The molecule has 0 saturated carbocycles. The molecule has 14 heteroatoms. The Morgan fingerprint density at radius 3 is 2.28 bits per heavy atom. The molecular formula is C50H56N6O8. The van der Waals surface area contributed by atoms with Crippen LogP contribution < -0.4 is 14.2 Å². The van der Waals surface area contributed by atoms with Gasteiger partial charge in [-0.25, -0.2) is 19.6 Å². The molecule has 0 aliphatic rings. The van der Waals surface area contributed by atoms with Crippen molar-refractivity contribution in [1.82, 2.24) is 29.2 Å². The Morgan fingerprint density at radius 2 is 1.53 bits per heavy atom. The van der Waals surface area contributed by atoms with Crippen LogP contribution in [0.15, 0.2) is 97.3 Å². The van der Waals surface area contributed by atoms with Crippen LogP contribution in [-0.2, 0) is 42.7 Å². The van der Waals surface area contributed by atoms with Gasteiger partial charge in [-0.1, -0.05) is 66.7 Å². The van der Waals surface area contributed by atoms with E-state index in [1.165, 1.54) is 0 Å². The molecule has 0 aliphatic heterocycles. The van der Waals surface area contributed by atoms with E-state index in [-0.39, 0.29) is 19.8 Å². The van der Waals surface area contributed by atoms with Crippen molar-refractivity contribution in [2.45, 2.75) is 72.3 Å². The van der Waals surface area contributed by atoms with Gasteiger partial charge in [-0.05, 0) is 76.1 Å². The van der Waals surface area contributed by atoms with Crippen LogP contribution in [0.5, 0.6) is 17.2 Å². The minimum absolute atomic E-state index is 0.0292. The van der Waals surface area contributed by atoms with E-state index in [2.05, 4.69) is 22.1 Å². The summed E-state index contributed by atoms with van der Waals surface area (Å²) in [5.41, 5.74) is 4.66. The molecule has 14 nitrogen and oxygen atoms in total. The zero-order valence-corrected chi connectivity index (χ0v) is 37.6. The molecule has 0 saturated heterocycles. The quantitative estimate of drug-likeness (QED) is 0.0649. The van der Waals surface area contributed by atoms with Gasteiger partial charge < -0.3 is 38.3 Å². The highest BCUT2D eigenvalue weighted by molar-refractivity contribution is 6.05. The molecule has 334 valence electrons. The first-order valence-electron chi connectivity index (χ1n) is 21.5. The number of nitrogens with zero attached hydrogens (tertiary/aromatic N) is 6. The van der Waals surface area contributed by atoms with Gasteiger partial charge >= 0.3 is 12.1 Å². The number of fused-ring (bicyclic) bond motifs is 2. The number of hydrogen-bond acceptors (Lipinski definition) is 11. The molecule has 0 radical (unpaired) electrons. The molecule has 0 unspecified atom stereocenters. The minimum atomic E-state index is -0.650. The summed E-state index contributed by atoms with van der Waals surface area (Å²) in [5, 5.41) is 18.7. The molecule has 1 amide bonds. The van der Waals surface area contributed by atoms with Gasteiger partial charge in [-0.2, -0.15) is 5.10 Å². The molecule has 3 heterocycles. The molecule has 0 spiro atoms. The largest absolute Gasteiger partial charge is 0.496 e. The lowest BCUT2D eigenvalue weighted by Gasteiger charge is -2.24. The number of carbonyl (C=O) groups excluding carboxylic acids is 2. The Hall–Kier alpha value is -6.93. The van der Waals surface area contributed by atoms with Crippen LogP contribution in [0, 0.1) is 0 Å². The summed E-state index contributed by atoms with van der Waals surface area (Å²) < 4.78 is 33.2. The van der Waals surface area contributed by atoms with Crippen molar-refractivity contribution in [2.75, 3.05) is 33.9 Å². The number of carbonyl (C=O) groups is 2. The smallest absolute Gasteiger partial charge is 0.410 e. The fourth-order valence-corrected chi connectivity index (χ4v) is 7.97. The topological polar surface area (TPSA) is 152 Å². The number of aliphatic hydroxyl groups is 1. The van der Waals surface area contributed by atoms with Crippen LogP contribution in [0.2, 0.25) is 0 Å². The van der Waals surface area contributed by atoms with Gasteiger partial charge in [0, 0.05) is 49.1 Å². The van der Waals surface area contributed by atoms with Gasteiger partial charge in [0.1, 0.15) is 35.1 Å². The number of aliphatic hydroxyl groups excluding tert-OH is 1. The first kappa shape index (κ1) is 45.1. The third-order valence-electron chi connectivity index (χ3n) is 10.8. The van der Waals surface area contributed by atoms with Crippen molar-refractivity contribution in [2.24, 2.45) is 7.05 Å². The Bertz CT molecular complexity index is 2730. The SMILES string of the molecule is CCOC(=O)c1c(CCCOc2cccc3ccccc23)c2cccc(-c3c(COc4cnc(-c5ccccc5OC)nc4)nn(C)c3CO)c2n1CCCN(C)C(=O)OC(C)(C)C. The highest BCUT2D eigenvalue weighted by Crippen LogP contribution is 2.39. The monoisotopic (exact) mass is 868 g/mol. The first-order chi connectivity index (χ1) is 30.9. The Labute approximate surface area is 373 Å². The number of ether oxygens (including phenoxy) is 5. The second-order valence-electron chi connectivity index (χ2n) is 16.4. The van der Waals surface area contributed by atoms with Gasteiger partial charge in [-0.15, -0.1) is 0 Å². The predicted molar refractivity (Wildman–Crippen MR) is 246 cm³/mol. The Kier molecular flexibility index (Phi) is 14.1. The first-order valence-corrected chi connectivity index (χ1v) is 21.5. The standard InChI is InChI=1S/C50H56N6O8/c1-8-61-48(58)46-37(23-15-28-62-43-25-13-18-33-17-9-10-19-35(33)43)36-21-14-22-39(45(36)56(46)27-16-26-54(5)49(59)64-50(2,3)4)44-40(53-55(6)41(44)31-57)32-63-34-29-51-47(52-30-34)38-20-11-12-24-42(38)60-7/h9-14,17-22,24-25,29-30,57H,8,15-16,23,26-28,31-32H2,1-7H3. The number of benzene rings is 4. The second kappa shape index (κ2) is 20.1. The fraction of sp³-hybridized carbons (Fsp3) is 0.340. The fourth-order valence-electron chi connectivity index (χ4n) is 7.97. The normalized spacial score (nSPS) is 11.5. The number of aromatic nitrogens is 5. The molecule has 0 aliphatic carbocycles. The van der Waals surface area contributed by atoms with Gasteiger partial charge in [-0.3, -0.25) is 4.68 Å². The van der Waals surface area contributed by atoms with Crippen LogP contribution in [0.3, 0.4) is 0 Å². The lowest BCUT2D eigenvalue weighted by atomic mass is 9.98. The maximum atomic E-state index is 14.2. The molecule has 0 bridgehead atoms. The summed E-state index contributed by atoms with van der Waals surface area (Å²) in [7, 11) is 5.08. The van der Waals surface area contributed by atoms with E-state index in [9.17, 15) is 14.7 Å². The molecule has 7 aromatic rings. The molecule has 0 atom stereocenters. The van der Waals surface area contributed by atoms with Crippen LogP contribution >= 0.6 is 0 Å². The van der Waals surface area contributed by atoms with Gasteiger partial charge in [0.2, 0.25) is 0 Å². The van der Waals surface area contributed by atoms with E-state index >= 15 is 0 Å². The number of para-hydroxylation sites is 2. The maximum Gasteiger partial charge on any atom is 0.410 e. The summed E-state index contributed by atoms with van der Waals surface area (Å²) in [6.45, 7) is 8.31. The van der Waals surface area contributed by atoms with Crippen molar-refractivity contribution in [3.05, 3.63) is 120 Å². The van der Waals surface area contributed by atoms with Gasteiger partial charge in [0.05, 0.1) is 56.1 Å². The van der Waals surface area contributed by atoms with Crippen molar-refractivity contribution < 1.29 is 38.4 Å². The number of methoxy groups -OCH3 is 1. The van der Waals surface area contributed by atoms with E-state index in [1.54, 1.807) is 50.1 Å². The minimum Gasteiger partial charge on any atom is -0.496 e. The van der Waals surface area contributed by atoms with Crippen LogP contribution in [0.4, 0.5) is 4.79 Å². The second-order valence-corrected chi connectivity index (χ2v) is 16.4. The summed E-state index contributed by atoms with van der Waals surface area (Å²) in [4.78, 5) is 37.8. The summed E-state index contributed by atoms with van der Waals surface area (Å²) >= 11 is 0. The van der Waals surface area contributed by atoms with Gasteiger partial charge in [0.25, 0.3) is 0 Å². The molecule has 7 rings (SSSR count). The highest BCUT2D eigenvalue weighted by Gasteiger charge is 2.29. The lowest BCUT2D eigenvalue weighted by molar-refractivity contribution is 0.0294. The van der Waals surface area contributed by atoms with Gasteiger partial charge in [0.15, 0.2) is 11.6 Å². The predicted octanol–water partition coefficient (Wildman–Crippen LogP) is 9.18. The summed E-state index contributed by atoms with van der Waals surface area (Å²) in [6.07, 6.45) is 4.37. The third-order valence-corrected chi connectivity index (χ3v) is 10.8. The molecule has 64 heavy (non-hydrogen) atoms. The zero-order chi connectivity index (χ0) is 45.4. The van der Waals surface area contributed by atoms with Crippen molar-refractivity contribution in [3.8, 4) is 39.8 Å². The van der Waals surface area contributed by atoms with E-state index in [1.807, 2.05) is 98.1 Å². The number of rotatable bonds is 18. The Morgan fingerprint density at radius 1 is 0.844 bits per heavy atom. The average Bonchev–Trinajstić information content (AvgIpc) is 3.79. The number of aryl methyl sites for hydroxylation is 3. The molecule has 3 aromatic heterocycles. The lowest BCUT2D eigenvalue weighted by Crippen LogP contribution is -2.35. The van der Waals surface area contributed by atoms with E-state index in [0.29, 0.717) is 78.9 Å². The molecule has 1 N–H and O–H groups in total. The molecule has 0 fully saturated rings. The molecule has 4 aromatic carbocycles. The maximum absolute atomic E-state index is 14.2. The number of esters is 1. The third kappa shape index (κ3) is 9.97. The van der Waals surface area contributed by atoms with Crippen molar-refractivity contribution >= 4 is 33.7 Å². The summed E-state index contributed by atoms with van der Waals surface area (Å²) in [5.74, 6) is 1.91. The number of amides is 1. The van der Waals surface area contributed by atoms with Crippen LogP contribution in [0.1, 0.15) is 68.0 Å². The van der Waals surface area contributed by atoms with Crippen molar-refractivity contribution in [3.63, 3.8) is 0 Å².